The predicted molar refractivity (Wildman–Crippen MR) is 85.8 cm³/mol. The zero-order valence-corrected chi connectivity index (χ0v) is 13.3. The van der Waals surface area contributed by atoms with Crippen molar-refractivity contribution in [2.24, 2.45) is 11.3 Å². The van der Waals surface area contributed by atoms with Crippen molar-refractivity contribution in [1.29, 1.82) is 0 Å². The molecule has 1 heteroatoms. The molecule has 2 aliphatic carbocycles. The lowest BCUT2D eigenvalue weighted by molar-refractivity contribution is 0.123. The molecule has 0 saturated heterocycles. The second-order valence-corrected chi connectivity index (χ2v) is 7.82. The molecule has 0 spiro atoms. The van der Waals surface area contributed by atoms with Gasteiger partial charge in [0.2, 0.25) is 0 Å². The highest BCUT2D eigenvalue weighted by Crippen LogP contribution is 2.40. The van der Waals surface area contributed by atoms with Crippen molar-refractivity contribution < 1.29 is 0 Å². The summed E-state index contributed by atoms with van der Waals surface area (Å²) >= 11 is 0. The molecular formula is C19H29N. The minimum atomic E-state index is 0.427. The van der Waals surface area contributed by atoms with E-state index in [-0.39, 0.29) is 0 Å². The van der Waals surface area contributed by atoms with Crippen LogP contribution in [0.15, 0.2) is 24.3 Å². The first-order valence-electron chi connectivity index (χ1n) is 8.39. The maximum absolute atomic E-state index is 4.03. The Bertz CT molecular complexity index is 457. The summed E-state index contributed by atoms with van der Waals surface area (Å²) < 4.78 is 0. The van der Waals surface area contributed by atoms with E-state index in [1.54, 1.807) is 11.1 Å². The molecule has 0 radical (unpaired) electrons. The molecule has 1 fully saturated rings. The van der Waals surface area contributed by atoms with Crippen LogP contribution in [0.4, 0.5) is 0 Å². The summed E-state index contributed by atoms with van der Waals surface area (Å²) in [6.07, 6.45) is 8.11. The van der Waals surface area contributed by atoms with E-state index in [2.05, 4.69) is 50.4 Å². The molecule has 0 aliphatic heterocycles. The summed E-state index contributed by atoms with van der Waals surface area (Å²) in [6.45, 7) is 7.25. The number of fused-ring (bicyclic) bond motifs is 1. The van der Waals surface area contributed by atoms with Crippen LogP contribution in [0, 0.1) is 11.3 Å². The Kier molecular flexibility index (Phi) is 3.90. The molecule has 1 aromatic carbocycles. The summed E-state index contributed by atoms with van der Waals surface area (Å²) in [7, 11) is 0. The Morgan fingerprint density at radius 3 is 2.55 bits per heavy atom. The average molecular weight is 271 g/mol. The van der Waals surface area contributed by atoms with Crippen LogP contribution < -0.4 is 5.32 Å². The van der Waals surface area contributed by atoms with Crippen molar-refractivity contribution in [2.75, 3.05) is 0 Å². The molecule has 0 heterocycles. The first-order valence-corrected chi connectivity index (χ1v) is 8.39. The standard InChI is InChI=1S/C19H29N/c1-19(2,3)16-10-6-7-11-18(16)20-17-13-12-14-8-4-5-9-15(14)17/h4-5,8-9,16-18,20H,6-7,10-13H2,1-3H3. The van der Waals surface area contributed by atoms with E-state index in [1.807, 2.05) is 0 Å². The average Bonchev–Trinajstić information content (AvgIpc) is 2.82. The van der Waals surface area contributed by atoms with Crippen LogP contribution in [-0.2, 0) is 6.42 Å². The van der Waals surface area contributed by atoms with Crippen molar-refractivity contribution in [3.8, 4) is 0 Å². The van der Waals surface area contributed by atoms with Gasteiger partial charge in [0.1, 0.15) is 0 Å². The van der Waals surface area contributed by atoms with Gasteiger partial charge in [-0.25, -0.2) is 0 Å². The molecular weight excluding hydrogens is 242 g/mol. The third-order valence-corrected chi connectivity index (χ3v) is 5.43. The maximum Gasteiger partial charge on any atom is 0.0328 e. The summed E-state index contributed by atoms with van der Waals surface area (Å²) in [5.74, 6) is 0.823. The molecule has 0 bridgehead atoms. The molecule has 110 valence electrons. The lowest BCUT2D eigenvalue weighted by Gasteiger charge is -2.42. The van der Waals surface area contributed by atoms with Gasteiger partial charge in [-0.1, -0.05) is 57.9 Å². The van der Waals surface area contributed by atoms with Gasteiger partial charge in [-0.2, -0.15) is 0 Å². The van der Waals surface area contributed by atoms with E-state index >= 15 is 0 Å². The van der Waals surface area contributed by atoms with Gasteiger partial charge in [0.05, 0.1) is 0 Å². The van der Waals surface area contributed by atoms with Crippen LogP contribution in [-0.4, -0.2) is 6.04 Å². The summed E-state index contributed by atoms with van der Waals surface area (Å²) in [5.41, 5.74) is 3.55. The highest BCUT2D eigenvalue weighted by Gasteiger charge is 2.36. The first kappa shape index (κ1) is 14.1. The van der Waals surface area contributed by atoms with E-state index in [4.69, 9.17) is 0 Å². The number of aryl methyl sites for hydroxylation is 1. The second kappa shape index (κ2) is 5.52. The van der Waals surface area contributed by atoms with E-state index in [0.29, 0.717) is 17.5 Å². The first-order chi connectivity index (χ1) is 9.55. The highest BCUT2D eigenvalue weighted by molar-refractivity contribution is 5.34. The molecule has 1 nitrogen and oxygen atoms in total. The number of nitrogens with one attached hydrogen (secondary N) is 1. The fourth-order valence-corrected chi connectivity index (χ4v) is 4.36. The van der Waals surface area contributed by atoms with Crippen LogP contribution in [0.5, 0.6) is 0 Å². The zero-order chi connectivity index (χ0) is 14.2. The van der Waals surface area contributed by atoms with E-state index in [1.165, 1.54) is 38.5 Å². The number of benzene rings is 1. The van der Waals surface area contributed by atoms with Crippen LogP contribution in [0.25, 0.3) is 0 Å². The summed E-state index contributed by atoms with van der Waals surface area (Å²) in [6, 6.07) is 10.3. The minimum Gasteiger partial charge on any atom is -0.307 e. The fraction of sp³-hybridized carbons (Fsp3) is 0.684. The smallest absolute Gasteiger partial charge is 0.0328 e. The second-order valence-electron chi connectivity index (χ2n) is 7.82. The van der Waals surface area contributed by atoms with E-state index in [0.717, 1.165) is 5.92 Å². The predicted octanol–water partition coefficient (Wildman–Crippen LogP) is 4.87. The van der Waals surface area contributed by atoms with Gasteiger partial charge in [-0.05, 0) is 48.1 Å². The molecule has 2 aliphatic rings. The number of hydrogen-bond donors (Lipinski definition) is 1. The third kappa shape index (κ3) is 2.79. The van der Waals surface area contributed by atoms with Gasteiger partial charge in [0, 0.05) is 12.1 Å². The molecule has 3 rings (SSSR count). The molecule has 3 atom stereocenters. The van der Waals surface area contributed by atoms with Crippen molar-refractivity contribution in [3.05, 3.63) is 35.4 Å². The van der Waals surface area contributed by atoms with Crippen molar-refractivity contribution in [1.82, 2.24) is 5.32 Å². The fourth-order valence-electron chi connectivity index (χ4n) is 4.36. The van der Waals surface area contributed by atoms with Crippen molar-refractivity contribution in [3.63, 3.8) is 0 Å². The summed E-state index contributed by atoms with van der Waals surface area (Å²) in [4.78, 5) is 0. The topological polar surface area (TPSA) is 12.0 Å². The third-order valence-electron chi connectivity index (χ3n) is 5.43. The van der Waals surface area contributed by atoms with Gasteiger partial charge >= 0.3 is 0 Å². The van der Waals surface area contributed by atoms with Gasteiger partial charge in [-0.3, -0.25) is 0 Å². The quantitative estimate of drug-likeness (QED) is 0.809. The van der Waals surface area contributed by atoms with Crippen LogP contribution in [0.1, 0.15) is 70.0 Å². The van der Waals surface area contributed by atoms with Crippen LogP contribution in [0.3, 0.4) is 0 Å². The lowest BCUT2D eigenvalue weighted by atomic mass is 9.69. The van der Waals surface area contributed by atoms with Crippen LogP contribution >= 0.6 is 0 Å². The molecule has 1 saturated carbocycles. The molecule has 1 N–H and O–H groups in total. The molecule has 0 aromatic heterocycles. The minimum absolute atomic E-state index is 0.427. The molecule has 1 aromatic rings. The Labute approximate surface area is 124 Å². The number of rotatable bonds is 2. The van der Waals surface area contributed by atoms with Gasteiger partial charge in [0.15, 0.2) is 0 Å². The summed E-state index contributed by atoms with van der Waals surface area (Å²) in [5, 5.41) is 4.03. The largest absolute Gasteiger partial charge is 0.307 e. The molecule has 20 heavy (non-hydrogen) atoms. The maximum atomic E-state index is 4.03. The number of hydrogen-bond acceptors (Lipinski definition) is 1. The van der Waals surface area contributed by atoms with Gasteiger partial charge < -0.3 is 5.32 Å². The Hall–Kier alpha value is -0.820. The monoisotopic (exact) mass is 271 g/mol. The normalized spacial score (nSPS) is 30.2. The van der Waals surface area contributed by atoms with Gasteiger partial charge in [-0.15, -0.1) is 0 Å². The molecule has 0 amide bonds. The van der Waals surface area contributed by atoms with Crippen LogP contribution in [0.2, 0.25) is 0 Å². The highest BCUT2D eigenvalue weighted by atomic mass is 15.0. The lowest BCUT2D eigenvalue weighted by Crippen LogP contribution is -2.45. The Morgan fingerprint density at radius 1 is 1.00 bits per heavy atom. The van der Waals surface area contributed by atoms with Gasteiger partial charge in [0.25, 0.3) is 0 Å². The van der Waals surface area contributed by atoms with E-state index in [9.17, 15) is 0 Å². The molecule has 3 unspecified atom stereocenters. The Morgan fingerprint density at radius 2 is 1.75 bits per heavy atom. The Balaban J connectivity index is 1.74. The SMILES string of the molecule is CC(C)(C)C1CCCCC1NC1CCc2ccccc21. The van der Waals surface area contributed by atoms with E-state index < -0.39 is 0 Å². The zero-order valence-electron chi connectivity index (χ0n) is 13.3. The van der Waals surface area contributed by atoms with Crippen molar-refractivity contribution >= 4 is 0 Å². The van der Waals surface area contributed by atoms with Crippen molar-refractivity contribution in [2.45, 2.75) is 71.4 Å².